The van der Waals surface area contributed by atoms with E-state index in [-0.39, 0.29) is 11.6 Å². The first-order valence-corrected chi connectivity index (χ1v) is 10.1. The van der Waals surface area contributed by atoms with Crippen LogP contribution in [0.4, 0.5) is 4.79 Å². The van der Waals surface area contributed by atoms with Crippen LogP contribution in [0.5, 0.6) is 0 Å². The zero-order valence-electron chi connectivity index (χ0n) is 17.3. The van der Waals surface area contributed by atoms with Gasteiger partial charge in [0.25, 0.3) is 0 Å². The maximum atomic E-state index is 12.0. The van der Waals surface area contributed by atoms with Crippen molar-refractivity contribution >= 4 is 17.7 Å². The van der Waals surface area contributed by atoms with E-state index in [4.69, 9.17) is 16.3 Å². The maximum Gasteiger partial charge on any atom is 0.408 e. The first-order valence-electron chi connectivity index (χ1n) is 9.74. The van der Waals surface area contributed by atoms with Crippen molar-refractivity contribution in [3.05, 3.63) is 34.9 Å². The largest absolute Gasteiger partial charge is 0.444 e. The summed E-state index contributed by atoms with van der Waals surface area (Å²) in [5.41, 5.74) is 0.460. The molecule has 0 aliphatic carbocycles. The SMILES string of the molecule is CC(C)(CNC1CCN(Cc2ccc(Cl)cc2)CC1)NC(=O)OC(C)(C)C. The van der Waals surface area contributed by atoms with E-state index >= 15 is 0 Å². The Morgan fingerprint density at radius 2 is 1.74 bits per heavy atom. The molecule has 152 valence electrons. The fraction of sp³-hybridized carbons (Fsp3) is 0.667. The van der Waals surface area contributed by atoms with Crippen LogP contribution in [0.25, 0.3) is 0 Å². The third-order valence-corrected chi connectivity index (χ3v) is 4.83. The summed E-state index contributed by atoms with van der Waals surface area (Å²) in [5, 5.41) is 7.34. The second-order valence-electron chi connectivity index (χ2n) is 9.07. The van der Waals surface area contributed by atoms with E-state index in [0.29, 0.717) is 12.6 Å². The van der Waals surface area contributed by atoms with E-state index in [0.717, 1.165) is 37.5 Å². The molecule has 1 fully saturated rings. The fourth-order valence-electron chi connectivity index (χ4n) is 3.17. The van der Waals surface area contributed by atoms with E-state index < -0.39 is 5.60 Å². The van der Waals surface area contributed by atoms with Crippen LogP contribution in [0.1, 0.15) is 53.0 Å². The van der Waals surface area contributed by atoms with Gasteiger partial charge in [-0.15, -0.1) is 0 Å². The number of amides is 1. The number of halogens is 1. The highest BCUT2D eigenvalue weighted by molar-refractivity contribution is 6.30. The molecule has 27 heavy (non-hydrogen) atoms. The Bertz CT molecular complexity index is 603. The molecule has 1 aliphatic rings. The van der Waals surface area contributed by atoms with Gasteiger partial charge in [0.05, 0.1) is 5.54 Å². The number of carbonyl (C=O) groups is 1. The Labute approximate surface area is 168 Å². The number of hydrogen-bond donors (Lipinski definition) is 2. The third-order valence-electron chi connectivity index (χ3n) is 4.58. The molecule has 1 aromatic rings. The summed E-state index contributed by atoms with van der Waals surface area (Å²) in [6.07, 6.45) is 1.85. The third kappa shape index (κ3) is 8.50. The summed E-state index contributed by atoms with van der Waals surface area (Å²) in [6, 6.07) is 8.57. The van der Waals surface area contributed by atoms with Gasteiger partial charge in [-0.05, 0) is 78.2 Å². The molecule has 2 rings (SSSR count). The molecule has 1 aliphatic heterocycles. The zero-order chi connectivity index (χ0) is 20.1. The van der Waals surface area contributed by atoms with Gasteiger partial charge in [-0.25, -0.2) is 4.79 Å². The van der Waals surface area contributed by atoms with E-state index in [9.17, 15) is 4.79 Å². The second-order valence-corrected chi connectivity index (χ2v) is 9.50. The van der Waals surface area contributed by atoms with Crippen LogP contribution in [-0.4, -0.2) is 47.8 Å². The summed E-state index contributed by atoms with van der Waals surface area (Å²) in [6.45, 7) is 13.5. The average Bonchev–Trinajstić information content (AvgIpc) is 2.54. The Kier molecular flexibility index (Phi) is 7.55. The zero-order valence-corrected chi connectivity index (χ0v) is 18.0. The van der Waals surface area contributed by atoms with Crippen LogP contribution in [-0.2, 0) is 11.3 Å². The number of alkyl carbamates (subject to hydrolysis) is 1. The van der Waals surface area contributed by atoms with Gasteiger partial charge < -0.3 is 15.4 Å². The lowest BCUT2D eigenvalue weighted by atomic mass is 10.0. The first-order chi connectivity index (χ1) is 12.5. The van der Waals surface area contributed by atoms with Crippen LogP contribution in [0.15, 0.2) is 24.3 Å². The number of likely N-dealkylation sites (tertiary alicyclic amines) is 1. The molecule has 6 heteroatoms. The van der Waals surface area contributed by atoms with Gasteiger partial charge >= 0.3 is 6.09 Å². The molecule has 0 unspecified atom stereocenters. The van der Waals surface area contributed by atoms with Crippen molar-refractivity contribution in [2.45, 2.75) is 71.2 Å². The monoisotopic (exact) mass is 395 g/mol. The minimum Gasteiger partial charge on any atom is -0.444 e. The van der Waals surface area contributed by atoms with Crippen molar-refractivity contribution in [2.24, 2.45) is 0 Å². The van der Waals surface area contributed by atoms with Crippen LogP contribution in [0.2, 0.25) is 5.02 Å². The van der Waals surface area contributed by atoms with Gasteiger partial charge in [-0.1, -0.05) is 23.7 Å². The minimum absolute atomic E-state index is 0.358. The minimum atomic E-state index is -0.482. The molecule has 0 saturated carbocycles. The Hall–Kier alpha value is -1.30. The van der Waals surface area contributed by atoms with E-state index in [1.165, 1.54) is 5.56 Å². The molecule has 1 aromatic carbocycles. The summed E-state index contributed by atoms with van der Waals surface area (Å²) in [4.78, 5) is 14.5. The van der Waals surface area contributed by atoms with Crippen molar-refractivity contribution in [3.63, 3.8) is 0 Å². The molecule has 1 saturated heterocycles. The van der Waals surface area contributed by atoms with E-state index in [1.54, 1.807) is 0 Å². The molecule has 2 N–H and O–H groups in total. The van der Waals surface area contributed by atoms with Crippen molar-refractivity contribution in [1.29, 1.82) is 0 Å². The standard InChI is InChI=1S/C21H34ClN3O2/c1-20(2,3)27-19(26)24-21(4,5)15-23-18-10-12-25(13-11-18)14-16-6-8-17(22)9-7-16/h6-9,18,23H,10-15H2,1-5H3,(H,24,26). The molecule has 0 aromatic heterocycles. The summed E-state index contributed by atoms with van der Waals surface area (Å²) >= 11 is 5.95. The van der Waals surface area contributed by atoms with Gasteiger partial charge in [-0.3, -0.25) is 4.90 Å². The maximum absolute atomic E-state index is 12.0. The lowest BCUT2D eigenvalue weighted by Crippen LogP contribution is -2.54. The van der Waals surface area contributed by atoms with Gasteiger partial charge in [0.1, 0.15) is 5.60 Å². The Morgan fingerprint density at radius 1 is 1.15 bits per heavy atom. The first kappa shape index (κ1) is 22.0. The van der Waals surface area contributed by atoms with Crippen molar-refractivity contribution in [1.82, 2.24) is 15.5 Å². The summed E-state index contributed by atoms with van der Waals surface area (Å²) in [5.74, 6) is 0. The molecule has 1 heterocycles. The van der Waals surface area contributed by atoms with Crippen LogP contribution in [0.3, 0.4) is 0 Å². The predicted molar refractivity (Wildman–Crippen MR) is 111 cm³/mol. The number of hydrogen-bond acceptors (Lipinski definition) is 4. The number of nitrogens with zero attached hydrogens (tertiary/aromatic N) is 1. The molecular formula is C21H34ClN3O2. The number of benzene rings is 1. The second kappa shape index (κ2) is 9.26. The predicted octanol–water partition coefficient (Wildman–Crippen LogP) is 4.20. The highest BCUT2D eigenvalue weighted by Crippen LogP contribution is 2.16. The Morgan fingerprint density at radius 3 is 2.30 bits per heavy atom. The fourth-order valence-corrected chi connectivity index (χ4v) is 3.29. The van der Waals surface area contributed by atoms with Crippen molar-refractivity contribution < 1.29 is 9.53 Å². The normalized spacial score (nSPS) is 17.0. The lowest BCUT2D eigenvalue weighted by Gasteiger charge is -2.35. The molecule has 5 nitrogen and oxygen atoms in total. The molecule has 0 radical (unpaired) electrons. The molecular weight excluding hydrogens is 362 g/mol. The van der Waals surface area contributed by atoms with Crippen LogP contribution >= 0.6 is 11.6 Å². The van der Waals surface area contributed by atoms with Crippen molar-refractivity contribution in [3.8, 4) is 0 Å². The van der Waals surface area contributed by atoms with E-state index in [1.807, 2.05) is 46.8 Å². The number of carbonyl (C=O) groups excluding carboxylic acids is 1. The molecule has 0 bridgehead atoms. The van der Waals surface area contributed by atoms with Crippen LogP contribution in [0, 0.1) is 0 Å². The molecule has 0 atom stereocenters. The number of rotatable bonds is 6. The van der Waals surface area contributed by atoms with Gasteiger partial charge in [0.15, 0.2) is 0 Å². The Balaban J connectivity index is 1.70. The number of nitrogens with one attached hydrogen (secondary N) is 2. The highest BCUT2D eigenvalue weighted by atomic mass is 35.5. The number of ether oxygens (including phenoxy) is 1. The van der Waals surface area contributed by atoms with Gasteiger partial charge in [-0.2, -0.15) is 0 Å². The number of piperidine rings is 1. The summed E-state index contributed by atoms with van der Waals surface area (Å²) in [7, 11) is 0. The highest BCUT2D eigenvalue weighted by Gasteiger charge is 2.26. The van der Waals surface area contributed by atoms with Gasteiger partial charge in [0.2, 0.25) is 0 Å². The van der Waals surface area contributed by atoms with Crippen molar-refractivity contribution in [2.75, 3.05) is 19.6 Å². The molecule has 0 spiro atoms. The molecule has 1 amide bonds. The van der Waals surface area contributed by atoms with Crippen LogP contribution < -0.4 is 10.6 Å². The summed E-state index contributed by atoms with van der Waals surface area (Å²) < 4.78 is 5.35. The lowest BCUT2D eigenvalue weighted by molar-refractivity contribution is 0.0469. The van der Waals surface area contributed by atoms with E-state index in [2.05, 4.69) is 27.7 Å². The topological polar surface area (TPSA) is 53.6 Å². The van der Waals surface area contributed by atoms with Gasteiger partial charge in [0, 0.05) is 24.2 Å². The smallest absolute Gasteiger partial charge is 0.408 e. The quantitative estimate of drug-likeness (QED) is 0.758. The average molecular weight is 396 g/mol.